The number of fused-ring (bicyclic) bond motifs is 1. The maximum Gasteiger partial charge on any atom is 0.267 e. The van der Waals surface area contributed by atoms with Crippen LogP contribution in [0, 0.1) is 5.92 Å². The summed E-state index contributed by atoms with van der Waals surface area (Å²) in [5.74, 6) is -4.32. The van der Waals surface area contributed by atoms with Gasteiger partial charge in [-0.15, -0.1) is 0 Å². The van der Waals surface area contributed by atoms with Crippen molar-refractivity contribution in [1.82, 2.24) is 15.5 Å². The van der Waals surface area contributed by atoms with Crippen molar-refractivity contribution in [2.75, 3.05) is 19.6 Å². The number of alkyl halides is 2. The molecule has 2 amide bonds. The number of piperidine rings is 2. The van der Waals surface area contributed by atoms with Crippen LogP contribution in [-0.2, 0) is 35.5 Å². The molecule has 0 spiro atoms. The monoisotopic (exact) mass is 467 g/mol. The first-order valence-electron chi connectivity index (χ1n) is 12.2. The van der Waals surface area contributed by atoms with Crippen LogP contribution in [0.1, 0.15) is 53.0 Å². The van der Waals surface area contributed by atoms with E-state index in [9.17, 15) is 9.59 Å². The predicted molar refractivity (Wildman–Crippen MR) is 125 cm³/mol. The third-order valence-corrected chi connectivity index (χ3v) is 7.53. The van der Waals surface area contributed by atoms with E-state index in [4.69, 9.17) is 0 Å². The van der Waals surface area contributed by atoms with Gasteiger partial charge < -0.3 is 5.32 Å². The quantitative estimate of drug-likeness (QED) is 0.661. The largest absolute Gasteiger partial charge is 0.312 e. The van der Waals surface area contributed by atoms with Gasteiger partial charge in [0.2, 0.25) is 11.8 Å². The number of nitrogens with zero attached hydrogens (tertiary/aromatic N) is 1. The summed E-state index contributed by atoms with van der Waals surface area (Å²) in [6.45, 7) is 2.75. The van der Waals surface area contributed by atoms with Crippen molar-refractivity contribution in [3.63, 3.8) is 0 Å². The number of halogens is 2. The lowest BCUT2D eigenvalue weighted by molar-refractivity contribution is -0.136. The van der Waals surface area contributed by atoms with Crippen LogP contribution in [0.2, 0.25) is 0 Å². The van der Waals surface area contributed by atoms with Crippen molar-refractivity contribution >= 4 is 11.8 Å². The molecule has 7 heteroatoms. The van der Waals surface area contributed by atoms with E-state index in [1.54, 1.807) is 12.1 Å². The lowest BCUT2D eigenvalue weighted by Gasteiger charge is -2.39. The topological polar surface area (TPSA) is 61.4 Å². The Bertz CT molecular complexity index is 1070. The molecule has 0 bridgehead atoms. The first kappa shape index (κ1) is 23.1. The maximum absolute atomic E-state index is 15.3. The van der Waals surface area contributed by atoms with Gasteiger partial charge in [0.05, 0.1) is 12.5 Å². The molecule has 2 saturated heterocycles. The normalized spacial score (nSPS) is 25.0. The molecule has 180 valence electrons. The van der Waals surface area contributed by atoms with Gasteiger partial charge in [0.25, 0.3) is 5.92 Å². The smallest absolute Gasteiger partial charge is 0.267 e. The number of nitrogens with one attached hydrogen (secondary N) is 2. The summed E-state index contributed by atoms with van der Waals surface area (Å²) in [5, 5.41) is 5.75. The molecule has 5 rings (SSSR count). The fourth-order valence-electron chi connectivity index (χ4n) is 5.66. The first-order chi connectivity index (χ1) is 16.4. The highest BCUT2D eigenvalue weighted by molar-refractivity contribution is 5.98. The van der Waals surface area contributed by atoms with Crippen LogP contribution >= 0.6 is 0 Å². The molecule has 0 saturated carbocycles. The van der Waals surface area contributed by atoms with E-state index >= 15 is 8.78 Å². The Hall–Kier alpha value is -2.64. The Morgan fingerprint density at radius 2 is 1.85 bits per heavy atom. The third kappa shape index (κ3) is 4.91. The van der Waals surface area contributed by atoms with Gasteiger partial charge in [0.1, 0.15) is 0 Å². The van der Waals surface area contributed by atoms with Crippen molar-refractivity contribution in [3.05, 3.63) is 70.3 Å². The van der Waals surface area contributed by atoms with Gasteiger partial charge in [-0.1, -0.05) is 42.5 Å². The van der Waals surface area contributed by atoms with Crippen molar-refractivity contribution in [2.45, 2.75) is 57.0 Å². The van der Waals surface area contributed by atoms with E-state index in [1.807, 2.05) is 23.1 Å². The van der Waals surface area contributed by atoms with Crippen molar-refractivity contribution in [1.29, 1.82) is 0 Å². The third-order valence-electron chi connectivity index (χ3n) is 7.53. The molecule has 3 aliphatic heterocycles. The Morgan fingerprint density at radius 1 is 1.03 bits per heavy atom. The van der Waals surface area contributed by atoms with Gasteiger partial charge in [-0.25, -0.2) is 8.78 Å². The van der Waals surface area contributed by atoms with Gasteiger partial charge in [0, 0.05) is 25.4 Å². The number of amides is 2. The van der Waals surface area contributed by atoms with Crippen molar-refractivity contribution < 1.29 is 18.4 Å². The summed E-state index contributed by atoms with van der Waals surface area (Å²) in [6, 6.07) is 13.5. The number of imide groups is 1. The molecule has 2 N–H and O–H groups in total. The number of hydrogen-bond donors (Lipinski definition) is 2. The Kier molecular flexibility index (Phi) is 6.49. The molecule has 3 aliphatic rings. The molecular formula is C27H31F2N3O2. The summed E-state index contributed by atoms with van der Waals surface area (Å²) in [7, 11) is 0. The van der Waals surface area contributed by atoms with Gasteiger partial charge in [0.15, 0.2) is 0 Å². The van der Waals surface area contributed by atoms with Crippen LogP contribution < -0.4 is 10.6 Å². The fourth-order valence-corrected chi connectivity index (χ4v) is 5.66. The standard InChI is InChI=1S/C27H31F2N3O2/c28-27(29)17-32(16-22-3-1-2-21-15-30-12-10-23(21)22)13-11-24(27)19-6-4-18(5-7-19)14-20-8-9-25(33)31-26(20)34/h1-7,20,24,30H,8-17H2,(H,31,33,34). The highest BCUT2D eigenvalue weighted by atomic mass is 19.3. The van der Waals surface area contributed by atoms with Crippen LogP contribution in [-0.4, -0.2) is 42.3 Å². The van der Waals surface area contributed by atoms with Crippen molar-refractivity contribution in [3.8, 4) is 0 Å². The SMILES string of the molecule is O=C1CCC(Cc2ccc(C3CCN(Cc4cccc5c4CCNC5)CC3(F)F)cc2)C(=O)N1. The van der Waals surface area contributed by atoms with Crippen LogP contribution in [0.5, 0.6) is 0 Å². The summed E-state index contributed by atoms with van der Waals surface area (Å²) in [6.07, 6.45) is 2.76. The summed E-state index contributed by atoms with van der Waals surface area (Å²) in [4.78, 5) is 25.2. The second-order valence-corrected chi connectivity index (χ2v) is 9.89. The Balaban J connectivity index is 1.22. The minimum absolute atomic E-state index is 0.227. The molecule has 2 aromatic rings. The van der Waals surface area contributed by atoms with E-state index in [-0.39, 0.29) is 24.3 Å². The molecule has 0 aromatic heterocycles. The minimum atomic E-state index is -2.81. The number of likely N-dealkylation sites (tertiary alicyclic amines) is 1. The second-order valence-electron chi connectivity index (χ2n) is 9.89. The minimum Gasteiger partial charge on any atom is -0.312 e. The predicted octanol–water partition coefficient (Wildman–Crippen LogP) is 3.55. The zero-order chi connectivity index (χ0) is 23.7. The first-order valence-corrected chi connectivity index (χ1v) is 12.2. The summed E-state index contributed by atoms with van der Waals surface area (Å²) < 4.78 is 30.5. The van der Waals surface area contributed by atoms with Crippen LogP contribution in [0.25, 0.3) is 0 Å². The summed E-state index contributed by atoms with van der Waals surface area (Å²) in [5.41, 5.74) is 5.36. The lowest BCUT2D eigenvalue weighted by Crippen LogP contribution is -2.47. The van der Waals surface area contributed by atoms with Gasteiger partial charge >= 0.3 is 0 Å². The Morgan fingerprint density at radius 3 is 2.62 bits per heavy atom. The maximum atomic E-state index is 15.3. The molecule has 3 heterocycles. The van der Waals surface area contributed by atoms with Crippen LogP contribution in [0.15, 0.2) is 42.5 Å². The summed E-state index contributed by atoms with van der Waals surface area (Å²) >= 11 is 0. The molecule has 2 aromatic carbocycles. The Labute approximate surface area is 198 Å². The molecule has 2 fully saturated rings. The number of benzene rings is 2. The average Bonchev–Trinajstić information content (AvgIpc) is 2.81. The number of hydrogen-bond acceptors (Lipinski definition) is 4. The molecule has 0 radical (unpaired) electrons. The molecule has 0 aliphatic carbocycles. The molecule has 2 unspecified atom stereocenters. The zero-order valence-electron chi connectivity index (χ0n) is 19.3. The van der Waals surface area contributed by atoms with Gasteiger partial charge in [-0.3, -0.25) is 19.8 Å². The van der Waals surface area contributed by atoms with E-state index in [2.05, 4.69) is 22.8 Å². The lowest BCUT2D eigenvalue weighted by atomic mass is 9.84. The number of carbonyl (C=O) groups excluding carboxylic acids is 2. The van der Waals surface area contributed by atoms with Crippen LogP contribution in [0.4, 0.5) is 8.78 Å². The number of rotatable bonds is 5. The van der Waals surface area contributed by atoms with E-state index in [0.29, 0.717) is 44.3 Å². The van der Waals surface area contributed by atoms with Crippen molar-refractivity contribution in [2.24, 2.45) is 5.92 Å². The molecule has 34 heavy (non-hydrogen) atoms. The van der Waals surface area contributed by atoms with Gasteiger partial charge in [-0.05, 0) is 66.6 Å². The van der Waals surface area contributed by atoms with E-state index in [0.717, 1.165) is 25.1 Å². The second kappa shape index (κ2) is 9.55. The molecular weight excluding hydrogens is 436 g/mol. The number of carbonyl (C=O) groups is 2. The van der Waals surface area contributed by atoms with E-state index < -0.39 is 11.8 Å². The van der Waals surface area contributed by atoms with E-state index in [1.165, 1.54) is 16.7 Å². The highest BCUT2D eigenvalue weighted by Crippen LogP contribution is 2.41. The zero-order valence-corrected chi connectivity index (χ0v) is 19.3. The van der Waals surface area contributed by atoms with Crippen LogP contribution in [0.3, 0.4) is 0 Å². The highest BCUT2D eigenvalue weighted by Gasteiger charge is 2.45. The molecule has 2 atom stereocenters. The fraction of sp³-hybridized carbons (Fsp3) is 0.481. The average molecular weight is 468 g/mol. The van der Waals surface area contributed by atoms with Gasteiger partial charge in [-0.2, -0.15) is 0 Å². The molecule has 5 nitrogen and oxygen atoms in total.